The van der Waals surface area contributed by atoms with E-state index in [1.54, 1.807) is 0 Å². The van der Waals surface area contributed by atoms with Crippen LogP contribution in [0.1, 0.15) is 55.8 Å². The van der Waals surface area contributed by atoms with Crippen molar-refractivity contribution >= 4 is 11.3 Å². The van der Waals surface area contributed by atoms with E-state index in [0.717, 1.165) is 0 Å². The van der Waals surface area contributed by atoms with Gasteiger partial charge in [-0.2, -0.15) is 0 Å². The molecule has 2 atom stereocenters. The van der Waals surface area contributed by atoms with Crippen molar-refractivity contribution in [3.05, 3.63) is 21.9 Å². The molecular weight excluding hydrogens is 252 g/mol. The lowest BCUT2D eigenvalue weighted by atomic mass is 9.77. The van der Waals surface area contributed by atoms with E-state index < -0.39 is 0 Å². The maximum absolute atomic E-state index is 6.27. The summed E-state index contributed by atoms with van der Waals surface area (Å²) in [5.74, 6) is 0. The molecule has 2 nitrogen and oxygen atoms in total. The monoisotopic (exact) mass is 280 g/mol. The Morgan fingerprint density at radius 2 is 2.00 bits per heavy atom. The summed E-state index contributed by atoms with van der Waals surface area (Å²) in [4.78, 5) is 5.43. The molecule has 0 saturated carbocycles. The van der Waals surface area contributed by atoms with E-state index in [0.29, 0.717) is 11.5 Å². The Bertz CT molecular complexity index is 403. The molecule has 2 unspecified atom stereocenters. The highest BCUT2D eigenvalue weighted by Gasteiger charge is 2.33. The highest BCUT2D eigenvalue weighted by molar-refractivity contribution is 7.12. The van der Waals surface area contributed by atoms with Gasteiger partial charge in [0.05, 0.1) is 6.04 Å². The summed E-state index contributed by atoms with van der Waals surface area (Å²) >= 11 is 1.90. The van der Waals surface area contributed by atoms with Gasteiger partial charge in [0.2, 0.25) is 0 Å². The number of nitrogens with zero attached hydrogens (tertiary/aromatic N) is 1. The minimum absolute atomic E-state index is 0.198. The average Bonchev–Trinajstić information content (AvgIpc) is 2.78. The third-order valence-electron chi connectivity index (χ3n) is 4.80. The number of nitrogens with two attached hydrogens (primary N) is 1. The van der Waals surface area contributed by atoms with Gasteiger partial charge in [0, 0.05) is 15.8 Å². The Labute approximate surface area is 122 Å². The summed E-state index contributed by atoms with van der Waals surface area (Å²) in [5, 5.41) is 0. The first-order chi connectivity index (χ1) is 8.95. The lowest BCUT2D eigenvalue weighted by molar-refractivity contribution is 0.0735. The lowest BCUT2D eigenvalue weighted by Gasteiger charge is -2.43. The Kier molecular flexibility index (Phi) is 4.70. The molecule has 108 valence electrons. The van der Waals surface area contributed by atoms with Crippen LogP contribution in [0.25, 0.3) is 0 Å². The molecule has 1 aliphatic rings. The highest BCUT2D eigenvalue weighted by atomic mass is 32.1. The van der Waals surface area contributed by atoms with Crippen molar-refractivity contribution in [3.8, 4) is 0 Å². The Hall–Kier alpha value is -0.380. The SMILES string of the molecule is CCC1(C)CCN(C(c2ccc(C)s2)C(C)N)CC1. The first-order valence-electron chi connectivity index (χ1n) is 7.51. The Balaban J connectivity index is 2.10. The smallest absolute Gasteiger partial charge is 0.0590 e. The number of hydrogen-bond donors (Lipinski definition) is 1. The number of hydrogen-bond acceptors (Lipinski definition) is 3. The number of rotatable bonds is 4. The molecular formula is C16H28N2S. The van der Waals surface area contributed by atoms with Crippen molar-refractivity contribution < 1.29 is 0 Å². The summed E-state index contributed by atoms with van der Waals surface area (Å²) < 4.78 is 0. The molecule has 0 radical (unpaired) electrons. The summed E-state index contributed by atoms with van der Waals surface area (Å²) in [7, 11) is 0. The third kappa shape index (κ3) is 3.39. The van der Waals surface area contributed by atoms with Crippen LogP contribution >= 0.6 is 11.3 Å². The van der Waals surface area contributed by atoms with Gasteiger partial charge in [-0.3, -0.25) is 4.90 Å². The van der Waals surface area contributed by atoms with Gasteiger partial charge in [0.15, 0.2) is 0 Å². The van der Waals surface area contributed by atoms with Crippen LogP contribution in [0.4, 0.5) is 0 Å². The van der Waals surface area contributed by atoms with E-state index in [-0.39, 0.29) is 6.04 Å². The zero-order valence-electron chi connectivity index (χ0n) is 12.8. The molecule has 2 heterocycles. The van der Waals surface area contributed by atoms with Gasteiger partial charge in [0.1, 0.15) is 0 Å². The second-order valence-electron chi connectivity index (χ2n) is 6.45. The maximum Gasteiger partial charge on any atom is 0.0590 e. The van der Waals surface area contributed by atoms with Crippen molar-refractivity contribution in [1.82, 2.24) is 4.90 Å². The van der Waals surface area contributed by atoms with Crippen molar-refractivity contribution in [1.29, 1.82) is 0 Å². The molecule has 1 fully saturated rings. The van der Waals surface area contributed by atoms with Crippen LogP contribution in [0.5, 0.6) is 0 Å². The van der Waals surface area contributed by atoms with Crippen LogP contribution in [0.2, 0.25) is 0 Å². The Morgan fingerprint density at radius 1 is 1.37 bits per heavy atom. The van der Waals surface area contributed by atoms with Gasteiger partial charge in [-0.05, 0) is 57.3 Å². The highest BCUT2D eigenvalue weighted by Crippen LogP contribution is 2.38. The van der Waals surface area contributed by atoms with Gasteiger partial charge < -0.3 is 5.73 Å². The van der Waals surface area contributed by atoms with Crippen LogP contribution in [0, 0.1) is 12.3 Å². The molecule has 1 aromatic rings. The molecule has 19 heavy (non-hydrogen) atoms. The molecule has 2 N–H and O–H groups in total. The minimum Gasteiger partial charge on any atom is -0.326 e. The quantitative estimate of drug-likeness (QED) is 0.904. The van der Waals surface area contributed by atoms with Crippen LogP contribution in [0.3, 0.4) is 0 Å². The van der Waals surface area contributed by atoms with Crippen molar-refractivity contribution in [2.75, 3.05) is 13.1 Å². The van der Waals surface area contributed by atoms with Crippen LogP contribution in [0.15, 0.2) is 12.1 Å². The lowest BCUT2D eigenvalue weighted by Crippen LogP contribution is -2.45. The fraction of sp³-hybridized carbons (Fsp3) is 0.750. The van der Waals surface area contributed by atoms with Crippen LogP contribution in [-0.4, -0.2) is 24.0 Å². The van der Waals surface area contributed by atoms with Crippen molar-refractivity contribution in [3.63, 3.8) is 0 Å². The first-order valence-corrected chi connectivity index (χ1v) is 8.33. The topological polar surface area (TPSA) is 29.3 Å². The number of thiophene rings is 1. The first kappa shape index (κ1) is 15.0. The Morgan fingerprint density at radius 3 is 2.42 bits per heavy atom. The number of piperidine rings is 1. The normalized spacial score (nSPS) is 23.2. The zero-order chi connectivity index (χ0) is 14.0. The van der Waals surface area contributed by atoms with E-state index >= 15 is 0 Å². The predicted octanol–water partition coefficient (Wildman–Crippen LogP) is 3.96. The van der Waals surface area contributed by atoms with Gasteiger partial charge >= 0.3 is 0 Å². The number of likely N-dealkylation sites (tertiary alicyclic amines) is 1. The third-order valence-corrected chi connectivity index (χ3v) is 5.87. The standard InChI is InChI=1S/C16H28N2S/c1-5-16(4)8-10-18(11-9-16)15(13(3)17)14-7-6-12(2)19-14/h6-7,13,15H,5,8-11,17H2,1-4H3. The van der Waals surface area contributed by atoms with Gasteiger partial charge in [0.25, 0.3) is 0 Å². The molecule has 0 spiro atoms. The van der Waals surface area contributed by atoms with E-state index in [9.17, 15) is 0 Å². The molecule has 0 aliphatic carbocycles. The molecule has 0 aromatic carbocycles. The second kappa shape index (κ2) is 5.94. The summed E-state index contributed by atoms with van der Waals surface area (Å²) in [6, 6.07) is 5.08. The van der Waals surface area contributed by atoms with Gasteiger partial charge in [-0.25, -0.2) is 0 Å². The maximum atomic E-state index is 6.27. The summed E-state index contributed by atoms with van der Waals surface area (Å²) in [6.45, 7) is 11.5. The van der Waals surface area contributed by atoms with Crippen LogP contribution < -0.4 is 5.73 Å². The van der Waals surface area contributed by atoms with Crippen molar-refractivity contribution in [2.45, 2.75) is 59.0 Å². The summed E-state index contributed by atoms with van der Waals surface area (Å²) in [5.41, 5.74) is 6.82. The molecule has 0 amide bonds. The molecule has 1 aliphatic heterocycles. The molecule has 1 aromatic heterocycles. The van der Waals surface area contributed by atoms with Crippen molar-refractivity contribution in [2.24, 2.45) is 11.1 Å². The predicted molar refractivity (Wildman–Crippen MR) is 84.7 cm³/mol. The van der Waals surface area contributed by atoms with E-state index in [4.69, 9.17) is 5.73 Å². The summed E-state index contributed by atoms with van der Waals surface area (Å²) in [6.07, 6.45) is 3.90. The fourth-order valence-corrected chi connectivity index (χ4v) is 4.21. The molecule has 2 rings (SSSR count). The van der Waals surface area contributed by atoms with Gasteiger partial charge in [-0.1, -0.05) is 20.3 Å². The fourth-order valence-electron chi connectivity index (χ4n) is 3.08. The van der Waals surface area contributed by atoms with Crippen LogP contribution in [-0.2, 0) is 0 Å². The van der Waals surface area contributed by atoms with Gasteiger partial charge in [-0.15, -0.1) is 11.3 Å². The number of aryl methyl sites for hydroxylation is 1. The molecule has 1 saturated heterocycles. The van der Waals surface area contributed by atoms with E-state index in [1.165, 1.54) is 42.1 Å². The van der Waals surface area contributed by atoms with E-state index in [1.807, 2.05) is 11.3 Å². The largest absolute Gasteiger partial charge is 0.326 e. The second-order valence-corrected chi connectivity index (χ2v) is 7.77. The molecule has 0 bridgehead atoms. The minimum atomic E-state index is 0.198. The zero-order valence-corrected chi connectivity index (χ0v) is 13.6. The average molecular weight is 280 g/mol. The van der Waals surface area contributed by atoms with E-state index in [2.05, 4.69) is 44.7 Å². The molecule has 3 heteroatoms.